The van der Waals surface area contributed by atoms with Crippen LogP contribution in [0.2, 0.25) is 0 Å². The average Bonchev–Trinajstić information content (AvgIpc) is 3.34. The van der Waals surface area contributed by atoms with Crippen molar-refractivity contribution in [1.29, 1.82) is 0 Å². The molecule has 0 bridgehead atoms. The van der Waals surface area contributed by atoms with Gasteiger partial charge >= 0.3 is 6.18 Å². The maximum Gasteiger partial charge on any atom is 0.430 e. The lowest BCUT2D eigenvalue weighted by molar-refractivity contribution is -0.0970. The maximum absolute atomic E-state index is 13.4. The summed E-state index contributed by atoms with van der Waals surface area (Å²) in [5.41, 5.74) is 0.572. The fraction of sp³-hybridized carbons (Fsp3) is 0.150. The summed E-state index contributed by atoms with van der Waals surface area (Å²) in [7, 11) is 0. The Kier molecular flexibility index (Phi) is 5.09. The van der Waals surface area contributed by atoms with Gasteiger partial charge in [0.25, 0.3) is 0 Å². The number of halogens is 4. The second-order valence-electron chi connectivity index (χ2n) is 6.82. The molecule has 0 aliphatic carbocycles. The van der Waals surface area contributed by atoms with E-state index >= 15 is 0 Å². The van der Waals surface area contributed by atoms with Crippen LogP contribution in [0.1, 0.15) is 23.1 Å². The molecule has 0 amide bonds. The van der Waals surface area contributed by atoms with Crippen molar-refractivity contribution >= 4 is 17.2 Å². The smallest absolute Gasteiger partial charge is 0.368 e. The van der Waals surface area contributed by atoms with Crippen molar-refractivity contribution in [2.45, 2.75) is 19.1 Å². The van der Waals surface area contributed by atoms with Crippen LogP contribution in [-0.4, -0.2) is 31.0 Å². The van der Waals surface area contributed by atoms with Gasteiger partial charge < -0.3 is 10.6 Å². The fourth-order valence-corrected chi connectivity index (χ4v) is 2.98. The zero-order chi connectivity index (χ0) is 22.2. The molecular formula is C20H17F4N7. The molecule has 160 valence electrons. The molecule has 0 spiro atoms. The Morgan fingerprint density at radius 2 is 1.94 bits per heavy atom. The van der Waals surface area contributed by atoms with Crippen LogP contribution in [0.25, 0.3) is 5.52 Å². The van der Waals surface area contributed by atoms with Crippen molar-refractivity contribution in [3.8, 4) is 0 Å². The number of benzene rings is 1. The molecule has 3 heterocycles. The van der Waals surface area contributed by atoms with E-state index in [1.807, 2.05) is 6.92 Å². The van der Waals surface area contributed by atoms with Gasteiger partial charge in [0.2, 0.25) is 0 Å². The molecule has 0 saturated heterocycles. The molecule has 0 fully saturated rings. The van der Waals surface area contributed by atoms with E-state index in [2.05, 4.69) is 37.5 Å². The van der Waals surface area contributed by atoms with Crippen LogP contribution in [0.15, 0.2) is 60.9 Å². The summed E-state index contributed by atoms with van der Waals surface area (Å²) in [6.45, 7) is 4.90. The lowest BCUT2D eigenvalue weighted by Crippen LogP contribution is -2.31. The largest absolute Gasteiger partial charge is 0.430 e. The predicted octanol–water partition coefficient (Wildman–Crippen LogP) is 4.40. The number of alkyl halides is 3. The molecule has 11 heteroatoms. The molecular weight excluding hydrogens is 414 g/mol. The Hall–Kier alpha value is -3.89. The second-order valence-corrected chi connectivity index (χ2v) is 6.82. The van der Waals surface area contributed by atoms with Gasteiger partial charge in [-0.2, -0.15) is 18.3 Å². The second kappa shape index (κ2) is 7.74. The Bertz CT molecular complexity index is 1220. The number of nitrogens with zero attached hydrogens (tertiary/aromatic N) is 4. The third-order valence-corrected chi connectivity index (χ3v) is 4.48. The van der Waals surface area contributed by atoms with Gasteiger partial charge in [-0.25, -0.2) is 13.9 Å². The summed E-state index contributed by atoms with van der Waals surface area (Å²) < 4.78 is 54.4. The predicted molar refractivity (Wildman–Crippen MR) is 106 cm³/mol. The van der Waals surface area contributed by atoms with Gasteiger partial charge in [0.05, 0.1) is 0 Å². The van der Waals surface area contributed by atoms with E-state index in [4.69, 9.17) is 0 Å². The molecule has 4 rings (SSSR count). The third-order valence-electron chi connectivity index (χ3n) is 4.48. The number of rotatable bonds is 6. The highest BCUT2D eigenvalue weighted by Gasteiger charge is 2.35. The van der Waals surface area contributed by atoms with Crippen LogP contribution in [0.3, 0.4) is 0 Å². The Labute approximate surface area is 173 Å². The average molecular weight is 431 g/mol. The van der Waals surface area contributed by atoms with Gasteiger partial charge in [-0.1, -0.05) is 18.7 Å². The summed E-state index contributed by atoms with van der Waals surface area (Å²) in [5, 5.41) is 16.6. The van der Waals surface area contributed by atoms with Gasteiger partial charge in [-0.3, -0.25) is 5.10 Å². The first-order chi connectivity index (χ1) is 14.7. The number of fused-ring (bicyclic) bond motifs is 1. The number of nitrogens with one attached hydrogen (secondary N) is 3. The Balaban J connectivity index is 1.80. The summed E-state index contributed by atoms with van der Waals surface area (Å²) in [6, 6.07) is 9.13. The van der Waals surface area contributed by atoms with Gasteiger partial charge in [-0.15, -0.1) is 5.10 Å². The molecule has 0 saturated carbocycles. The molecule has 31 heavy (non-hydrogen) atoms. The number of H-pyrrole nitrogens is 1. The van der Waals surface area contributed by atoms with Gasteiger partial charge in [0.15, 0.2) is 17.5 Å². The quantitative estimate of drug-likeness (QED) is 0.394. The molecule has 3 aromatic heterocycles. The van der Waals surface area contributed by atoms with E-state index in [0.29, 0.717) is 22.7 Å². The lowest BCUT2D eigenvalue weighted by atomic mass is 10.1. The number of allylic oxidation sites excluding steroid dienone is 1. The molecule has 1 unspecified atom stereocenters. The highest BCUT2D eigenvalue weighted by molar-refractivity contribution is 5.72. The molecule has 4 aromatic rings. The third kappa shape index (κ3) is 4.34. The molecule has 3 N–H and O–H groups in total. The van der Waals surface area contributed by atoms with Crippen LogP contribution >= 0.6 is 0 Å². The Morgan fingerprint density at radius 1 is 1.19 bits per heavy atom. The highest BCUT2D eigenvalue weighted by Crippen LogP contribution is 2.29. The minimum absolute atomic E-state index is 0.0236. The first-order valence-corrected chi connectivity index (χ1v) is 9.13. The van der Waals surface area contributed by atoms with E-state index in [-0.39, 0.29) is 5.82 Å². The standard InChI is InChI=1S/C20H17F4N7/c1-11-10-16(29-28-11)26-18-15-4-3-9-31(15)30-19(27-18)17(25-12(2)20(22,23)24)13-5-7-14(21)8-6-13/h3-10,17,25H,2H2,1H3,(H2,26,27,28,29,30). The van der Waals surface area contributed by atoms with Crippen LogP contribution in [0.4, 0.5) is 29.2 Å². The van der Waals surface area contributed by atoms with Crippen LogP contribution in [0, 0.1) is 12.7 Å². The van der Waals surface area contributed by atoms with Crippen molar-refractivity contribution in [2.24, 2.45) is 0 Å². The summed E-state index contributed by atoms with van der Waals surface area (Å²) >= 11 is 0. The van der Waals surface area contributed by atoms with E-state index in [1.54, 1.807) is 24.4 Å². The Morgan fingerprint density at radius 3 is 2.58 bits per heavy atom. The molecule has 1 atom stereocenters. The van der Waals surface area contributed by atoms with Crippen molar-refractivity contribution in [1.82, 2.24) is 30.1 Å². The number of aryl methyl sites for hydroxylation is 1. The van der Waals surface area contributed by atoms with Crippen molar-refractivity contribution in [2.75, 3.05) is 5.32 Å². The van der Waals surface area contributed by atoms with Crippen molar-refractivity contribution < 1.29 is 17.6 Å². The number of hydrogen-bond acceptors (Lipinski definition) is 5. The number of hydrogen-bond donors (Lipinski definition) is 3. The monoisotopic (exact) mass is 431 g/mol. The first-order valence-electron chi connectivity index (χ1n) is 9.13. The topological polar surface area (TPSA) is 82.9 Å². The van der Waals surface area contributed by atoms with E-state index in [9.17, 15) is 17.6 Å². The van der Waals surface area contributed by atoms with Crippen LogP contribution < -0.4 is 10.6 Å². The van der Waals surface area contributed by atoms with Crippen LogP contribution in [-0.2, 0) is 0 Å². The van der Waals surface area contributed by atoms with E-state index in [0.717, 1.165) is 17.8 Å². The van der Waals surface area contributed by atoms with E-state index < -0.39 is 23.7 Å². The van der Waals surface area contributed by atoms with Gasteiger partial charge in [0.1, 0.15) is 23.1 Å². The summed E-state index contributed by atoms with van der Waals surface area (Å²) in [4.78, 5) is 4.45. The van der Waals surface area contributed by atoms with Gasteiger partial charge in [0, 0.05) is 18.0 Å². The van der Waals surface area contributed by atoms with Crippen molar-refractivity contribution in [3.63, 3.8) is 0 Å². The van der Waals surface area contributed by atoms with Crippen molar-refractivity contribution in [3.05, 3.63) is 83.8 Å². The molecule has 1 aromatic carbocycles. The number of aromatic nitrogens is 5. The zero-order valence-corrected chi connectivity index (χ0v) is 16.2. The molecule has 0 aliphatic heterocycles. The fourth-order valence-electron chi connectivity index (χ4n) is 2.98. The lowest BCUT2D eigenvalue weighted by Gasteiger charge is -2.22. The number of anilines is 2. The highest BCUT2D eigenvalue weighted by atomic mass is 19.4. The zero-order valence-electron chi connectivity index (χ0n) is 16.2. The molecule has 0 aliphatic rings. The van der Waals surface area contributed by atoms with Gasteiger partial charge in [-0.05, 0) is 36.8 Å². The molecule has 0 radical (unpaired) electrons. The van der Waals surface area contributed by atoms with E-state index in [1.165, 1.54) is 16.6 Å². The summed E-state index contributed by atoms with van der Waals surface area (Å²) in [6.07, 6.45) is -3.04. The summed E-state index contributed by atoms with van der Waals surface area (Å²) in [5.74, 6) is 0.329. The normalized spacial score (nSPS) is 12.7. The first kappa shape index (κ1) is 20.4. The SMILES string of the molecule is C=C(NC(c1ccc(F)cc1)c1nc(Nc2cc(C)[nH]n2)c2cccn2n1)C(F)(F)F. The minimum Gasteiger partial charge on any atom is -0.368 e. The minimum atomic E-state index is -4.68. The van der Waals surface area contributed by atoms with Crippen LogP contribution in [0.5, 0.6) is 0 Å². The molecule has 7 nitrogen and oxygen atoms in total. The maximum atomic E-state index is 13.4. The number of aromatic amines is 1.